The number of aryl methyl sites for hydroxylation is 2. The first-order valence-corrected chi connectivity index (χ1v) is 5.36. The summed E-state index contributed by atoms with van der Waals surface area (Å²) in [6, 6.07) is 7.36. The van der Waals surface area contributed by atoms with E-state index in [1.165, 1.54) is 0 Å². The van der Waals surface area contributed by atoms with E-state index in [1.807, 2.05) is 39.0 Å². The lowest BCUT2D eigenvalue weighted by molar-refractivity contribution is 0.0943. The van der Waals surface area contributed by atoms with Gasteiger partial charge in [0.25, 0.3) is 5.91 Å². The Kier molecular flexibility index (Phi) is 4.07. The Hall–Kier alpha value is -1.82. The van der Waals surface area contributed by atoms with Crippen LogP contribution in [0.4, 0.5) is 0 Å². The van der Waals surface area contributed by atoms with E-state index >= 15 is 0 Å². The highest BCUT2D eigenvalue weighted by Gasteiger charge is 2.14. The maximum atomic E-state index is 12.0. The zero-order chi connectivity index (χ0) is 12.1. The minimum atomic E-state index is -0.411. The quantitative estimate of drug-likeness (QED) is 0.843. The molecule has 0 aliphatic heterocycles. The molecular weight excluding hydrogens is 200 g/mol. The van der Waals surface area contributed by atoms with Crippen LogP contribution >= 0.6 is 0 Å². The molecule has 1 unspecified atom stereocenters. The highest BCUT2D eigenvalue weighted by atomic mass is 16.1. The van der Waals surface area contributed by atoms with Crippen LogP contribution in [-0.2, 0) is 0 Å². The molecule has 0 saturated carbocycles. The molecule has 0 fully saturated rings. The van der Waals surface area contributed by atoms with Crippen molar-refractivity contribution in [3.8, 4) is 6.07 Å². The third kappa shape index (κ3) is 2.60. The largest absolute Gasteiger partial charge is 0.336 e. The Bertz CT molecular complexity index is 412. The number of rotatable bonds is 3. The van der Waals surface area contributed by atoms with Crippen LogP contribution in [0.15, 0.2) is 18.2 Å². The Labute approximate surface area is 96.1 Å². The number of carbonyl (C=O) groups is 1. The van der Waals surface area contributed by atoms with Crippen LogP contribution < -0.4 is 5.32 Å². The standard InChI is InChI=1S/C13H16N2O/c1-4-11(8-14)15-13(16)12-9(2)6-5-7-10(12)3/h5-7,11H,4H2,1-3H3,(H,15,16). The summed E-state index contributed by atoms with van der Waals surface area (Å²) in [7, 11) is 0. The van der Waals surface area contributed by atoms with Gasteiger partial charge in [-0.1, -0.05) is 25.1 Å². The van der Waals surface area contributed by atoms with Crippen molar-refractivity contribution < 1.29 is 4.79 Å². The Balaban J connectivity index is 2.94. The molecule has 1 rings (SSSR count). The van der Waals surface area contributed by atoms with Crippen molar-refractivity contribution in [1.82, 2.24) is 5.32 Å². The van der Waals surface area contributed by atoms with Crippen molar-refractivity contribution >= 4 is 5.91 Å². The van der Waals surface area contributed by atoms with Crippen molar-refractivity contribution in [3.05, 3.63) is 34.9 Å². The molecule has 1 N–H and O–H groups in total. The van der Waals surface area contributed by atoms with E-state index in [1.54, 1.807) is 0 Å². The minimum absolute atomic E-state index is 0.163. The molecule has 0 aliphatic rings. The normalized spacial score (nSPS) is 11.6. The highest BCUT2D eigenvalue weighted by molar-refractivity contribution is 5.97. The number of carbonyl (C=O) groups excluding carboxylic acids is 1. The zero-order valence-corrected chi connectivity index (χ0v) is 9.87. The molecule has 0 heterocycles. The van der Waals surface area contributed by atoms with Gasteiger partial charge in [-0.15, -0.1) is 0 Å². The van der Waals surface area contributed by atoms with Gasteiger partial charge in [-0.3, -0.25) is 4.79 Å². The van der Waals surface area contributed by atoms with E-state index in [2.05, 4.69) is 11.4 Å². The van der Waals surface area contributed by atoms with Crippen LogP contribution in [0.5, 0.6) is 0 Å². The monoisotopic (exact) mass is 216 g/mol. The van der Waals surface area contributed by atoms with Gasteiger partial charge < -0.3 is 5.32 Å². The summed E-state index contributed by atoms with van der Waals surface area (Å²) in [5.41, 5.74) is 2.55. The average molecular weight is 216 g/mol. The molecule has 1 aromatic rings. The third-order valence-electron chi connectivity index (χ3n) is 2.58. The lowest BCUT2D eigenvalue weighted by Crippen LogP contribution is -2.34. The average Bonchev–Trinajstić information content (AvgIpc) is 2.25. The van der Waals surface area contributed by atoms with E-state index in [4.69, 9.17) is 5.26 Å². The second-order valence-electron chi connectivity index (χ2n) is 3.83. The summed E-state index contributed by atoms with van der Waals surface area (Å²) in [5, 5.41) is 11.5. The van der Waals surface area contributed by atoms with Crippen LogP contribution in [0.3, 0.4) is 0 Å². The third-order valence-corrected chi connectivity index (χ3v) is 2.58. The molecule has 1 aromatic carbocycles. The Morgan fingerprint density at radius 2 is 2.00 bits per heavy atom. The summed E-state index contributed by atoms with van der Waals surface area (Å²) >= 11 is 0. The van der Waals surface area contributed by atoms with Crippen molar-refractivity contribution in [2.24, 2.45) is 0 Å². The second-order valence-corrected chi connectivity index (χ2v) is 3.83. The van der Waals surface area contributed by atoms with Crippen LogP contribution in [0, 0.1) is 25.2 Å². The fraction of sp³-hybridized carbons (Fsp3) is 0.385. The first-order valence-electron chi connectivity index (χ1n) is 5.36. The van der Waals surface area contributed by atoms with E-state index in [0.29, 0.717) is 12.0 Å². The topological polar surface area (TPSA) is 52.9 Å². The summed E-state index contributed by atoms with van der Waals surface area (Å²) in [6.07, 6.45) is 0.618. The van der Waals surface area contributed by atoms with Gasteiger partial charge in [-0.05, 0) is 31.4 Å². The molecule has 16 heavy (non-hydrogen) atoms. The molecule has 0 saturated heterocycles. The number of benzene rings is 1. The predicted molar refractivity (Wildman–Crippen MR) is 63.1 cm³/mol. The lowest BCUT2D eigenvalue weighted by Gasteiger charge is -2.12. The van der Waals surface area contributed by atoms with Gasteiger partial charge in [0.2, 0.25) is 0 Å². The van der Waals surface area contributed by atoms with Gasteiger partial charge in [-0.2, -0.15) is 5.26 Å². The fourth-order valence-corrected chi connectivity index (χ4v) is 1.63. The molecule has 0 radical (unpaired) electrons. The van der Waals surface area contributed by atoms with Gasteiger partial charge in [0, 0.05) is 5.56 Å². The van der Waals surface area contributed by atoms with Crippen molar-refractivity contribution in [3.63, 3.8) is 0 Å². The van der Waals surface area contributed by atoms with Gasteiger partial charge in [0.05, 0.1) is 6.07 Å². The first kappa shape index (κ1) is 12.3. The minimum Gasteiger partial charge on any atom is -0.336 e. The first-order chi connectivity index (χ1) is 7.60. The van der Waals surface area contributed by atoms with Crippen LogP contribution in [0.25, 0.3) is 0 Å². The molecule has 1 amide bonds. The predicted octanol–water partition coefficient (Wildman–Crippen LogP) is 2.34. The molecule has 84 valence electrons. The van der Waals surface area contributed by atoms with Crippen molar-refractivity contribution in [1.29, 1.82) is 5.26 Å². The SMILES string of the molecule is CCC(C#N)NC(=O)c1c(C)cccc1C. The van der Waals surface area contributed by atoms with E-state index in [9.17, 15) is 4.79 Å². The van der Waals surface area contributed by atoms with Gasteiger partial charge in [-0.25, -0.2) is 0 Å². The maximum Gasteiger partial charge on any atom is 0.252 e. The molecule has 0 aliphatic carbocycles. The number of nitriles is 1. The molecular formula is C13H16N2O. The summed E-state index contributed by atoms with van der Waals surface area (Å²) in [5.74, 6) is -0.163. The molecule has 0 aromatic heterocycles. The van der Waals surface area contributed by atoms with Gasteiger partial charge in [0.15, 0.2) is 0 Å². The Morgan fingerprint density at radius 3 is 2.44 bits per heavy atom. The number of hydrogen-bond acceptors (Lipinski definition) is 2. The molecule has 0 bridgehead atoms. The number of hydrogen-bond donors (Lipinski definition) is 1. The number of amides is 1. The van der Waals surface area contributed by atoms with Crippen molar-refractivity contribution in [2.45, 2.75) is 33.2 Å². The van der Waals surface area contributed by atoms with Gasteiger partial charge >= 0.3 is 0 Å². The fourth-order valence-electron chi connectivity index (χ4n) is 1.63. The zero-order valence-electron chi connectivity index (χ0n) is 9.87. The number of nitrogens with one attached hydrogen (secondary N) is 1. The summed E-state index contributed by atoms with van der Waals surface area (Å²) in [6.45, 7) is 5.67. The molecule has 1 atom stereocenters. The number of nitrogens with zero attached hydrogens (tertiary/aromatic N) is 1. The highest BCUT2D eigenvalue weighted by Crippen LogP contribution is 2.13. The lowest BCUT2D eigenvalue weighted by atomic mass is 10.0. The maximum absolute atomic E-state index is 12.0. The van der Waals surface area contributed by atoms with Crippen LogP contribution in [0.2, 0.25) is 0 Å². The van der Waals surface area contributed by atoms with Gasteiger partial charge in [0.1, 0.15) is 6.04 Å². The molecule has 3 nitrogen and oxygen atoms in total. The second kappa shape index (κ2) is 5.32. The van der Waals surface area contributed by atoms with E-state index in [-0.39, 0.29) is 5.91 Å². The van der Waals surface area contributed by atoms with E-state index < -0.39 is 6.04 Å². The molecule has 0 spiro atoms. The van der Waals surface area contributed by atoms with Crippen LogP contribution in [-0.4, -0.2) is 11.9 Å². The molecule has 3 heteroatoms. The summed E-state index contributed by atoms with van der Waals surface area (Å²) < 4.78 is 0. The smallest absolute Gasteiger partial charge is 0.252 e. The Morgan fingerprint density at radius 1 is 1.44 bits per heavy atom. The van der Waals surface area contributed by atoms with Crippen molar-refractivity contribution in [2.75, 3.05) is 0 Å². The van der Waals surface area contributed by atoms with Crippen LogP contribution in [0.1, 0.15) is 34.8 Å². The summed E-state index contributed by atoms with van der Waals surface area (Å²) in [4.78, 5) is 12.0. The van der Waals surface area contributed by atoms with E-state index in [0.717, 1.165) is 11.1 Å².